The molecule has 0 saturated carbocycles. The van der Waals surface area contributed by atoms with Crippen LogP contribution in [0.25, 0.3) is 0 Å². The Hall–Kier alpha value is -1.65. The Labute approximate surface area is 83.9 Å². The summed E-state index contributed by atoms with van der Waals surface area (Å²) in [6, 6.07) is 0. The molecular weight excluding hydrogens is 182 g/mol. The summed E-state index contributed by atoms with van der Waals surface area (Å²) in [4.78, 5) is 18.7. The molecule has 5 heteroatoms. The first-order valence-corrected chi connectivity index (χ1v) is 4.15. The first-order chi connectivity index (χ1) is 6.87. The first-order valence-electron chi connectivity index (χ1n) is 4.65. The predicted molar refractivity (Wildman–Crippen MR) is 51.9 cm³/mol. The van der Waals surface area contributed by atoms with Crippen LogP contribution in [-0.2, 0) is 4.74 Å². The highest BCUT2D eigenvalue weighted by molar-refractivity contribution is 5.83. The van der Waals surface area contributed by atoms with Gasteiger partial charge < -0.3 is 4.74 Å². The fourth-order valence-corrected chi connectivity index (χ4v) is 0.736. The van der Waals surface area contributed by atoms with Crippen LogP contribution in [0.15, 0.2) is 18.6 Å². The molecule has 0 atom stereocenters. The van der Waals surface area contributed by atoms with Crippen molar-refractivity contribution in [2.75, 3.05) is 5.32 Å². The van der Waals surface area contributed by atoms with Gasteiger partial charge in [-0.15, -0.1) is 0 Å². The summed E-state index contributed by atoms with van der Waals surface area (Å²) in [6.45, 7) is 5.31. The largest absolute Gasteiger partial charge is 0.444 e. The molecule has 76 valence electrons. The highest BCUT2D eigenvalue weighted by Gasteiger charge is 2.16. The van der Waals surface area contributed by atoms with Crippen molar-refractivity contribution >= 4 is 11.9 Å². The van der Waals surface area contributed by atoms with Crippen LogP contribution in [0.5, 0.6) is 0 Å². The summed E-state index contributed by atoms with van der Waals surface area (Å²) in [7, 11) is 0. The van der Waals surface area contributed by atoms with Crippen LogP contribution in [0.3, 0.4) is 0 Å². The van der Waals surface area contributed by atoms with Gasteiger partial charge in [-0.25, -0.2) is 9.78 Å². The van der Waals surface area contributed by atoms with E-state index in [0.717, 1.165) is 0 Å². The zero-order valence-corrected chi connectivity index (χ0v) is 8.37. The van der Waals surface area contributed by atoms with Gasteiger partial charge in [0.05, 0.1) is 7.57 Å². The van der Waals surface area contributed by atoms with Crippen molar-refractivity contribution in [1.82, 2.24) is 9.97 Å². The molecule has 1 heterocycles. The molecule has 0 radical (unpaired) electrons. The van der Waals surface area contributed by atoms with Crippen LogP contribution < -0.4 is 5.32 Å². The molecule has 1 aromatic heterocycles. The normalized spacial score (nSPS) is 11.8. The van der Waals surface area contributed by atoms with E-state index in [1.165, 1.54) is 12.4 Å². The maximum atomic E-state index is 11.3. The SMILES string of the molecule is [2H]c1cnc(NC(=O)OC(C)(C)C)cn1. The van der Waals surface area contributed by atoms with Crippen molar-refractivity contribution in [1.29, 1.82) is 0 Å². The van der Waals surface area contributed by atoms with E-state index in [9.17, 15) is 4.79 Å². The highest BCUT2D eigenvalue weighted by atomic mass is 16.6. The van der Waals surface area contributed by atoms with Gasteiger partial charge in [0.1, 0.15) is 5.60 Å². The smallest absolute Gasteiger partial charge is 0.413 e. The maximum Gasteiger partial charge on any atom is 0.413 e. The van der Waals surface area contributed by atoms with E-state index < -0.39 is 11.7 Å². The van der Waals surface area contributed by atoms with Crippen molar-refractivity contribution in [3.8, 4) is 0 Å². The van der Waals surface area contributed by atoms with Crippen LogP contribution >= 0.6 is 0 Å². The highest BCUT2D eigenvalue weighted by Crippen LogP contribution is 2.08. The van der Waals surface area contributed by atoms with E-state index in [0.29, 0.717) is 0 Å². The maximum absolute atomic E-state index is 11.3. The number of ether oxygens (including phenoxy) is 1. The van der Waals surface area contributed by atoms with E-state index >= 15 is 0 Å². The van der Waals surface area contributed by atoms with Crippen LogP contribution in [-0.4, -0.2) is 21.7 Å². The molecule has 0 saturated heterocycles. The van der Waals surface area contributed by atoms with E-state index in [1.54, 1.807) is 20.8 Å². The predicted octanol–water partition coefficient (Wildman–Crippen LogP) is 1.82. The molecule has 1 N–H and O–H groups in total. The third-order valence-electron chi connectivity index (χ3n) is 1.15. The Bertz CT molecular complexity index is 345. The van der Waals surface area contributed by atoms with Crippen molar-refractivity contribution in [2.45, 2.75) is 26.4 Å². The molecule has 1 rings (SSSR count). The Morgan fingerprint density at radius 3 is 2.86 bits per heavy atom. The van der Waals surface area contributed by atoms with Gasteiger partial charge in [-0.2, -0.15) is 0 Å². The minimum Gasteiger partial charge on any atom is -0.444 e. The summed E-state index contributed by atoms with van der Waals surface area (Å²) in [5, 5.41) is 2.41. The second kappa shape index (κ2) is 4.04. The average Bonchev–Trinajstić information content (AvgIpc) is 2.05. The number of nitrogens with zero attached hydrogens (tertiary/aromatic N) is 2. The fraction of sp³-hybridized carbons (Fsp3) is 0.444. The van der Waals surface area contributed by atoms with E-state index in [2.05, 4.69) is 15.3 Å². The zero-order valence-electron chi connectivity index (χ0n) is 9.37. The molecule has 5 nitrogen and oxygen atoms in total. The third-order valence-corrected chi connectivity index (χ3v) is 1.15. The van der Waals surface area contributed by atoms with Crippen molar-refractivity contribution in [2.24, 2.45) is 0 Å². The average molecular weight is 196 g/mol. The Morgan fingerprint density at radius 1 is 1.64 bits per heavy atom. The van der Waals surface area contributed by atoms with Crippen LogP contribution in [0.1, 0.15) is 22.1 Å². The number of hydrogen-bond donors (Lipinski definition) is 1. The van der Waals surface area contributed by atoms with Crippen LogP contribution in [0, 0.1) is 0 Å². The molecule has 1 amide bonds. The molecule has 0 fully saturated rings. The van der Waals surface area contributed by atoms with Crippen molar-refractivity contribution in [3.63, 3.8) is 0 Å². The number of nitrogens with one attached hydrogen (secondary N) is 1. The first kappa shape index (κ1) is 8.93. The lowest BCUT2D eigenvalue weighted by Gasteiger charge is -2.19. The number of hydrogen-bond acceptors (Lipinski definition) is 4. The lowest BCUT2D eigenvalue weighted by Crippen LogP contribution is -2.27. The molecule has 0 aliphatic heterocycles. The molecule has 0 spiro atoms. The second-order valence-corrected chi connectivity index (χ2v) is 3.66. The summed E-state index contributed by atoms with van der Waals surface area (Å²) >= 11 is 0. The quantitative estimate of drug-likeness (QED) is 0.744. The van der Waals surface area contributed by atoms with Gasteiger partial charge in [-0.05, 0) is 20.8 Å². The molecule has 0 unspecified atom stereocenters. The second-order valence-electron chi connectivity index (χ2n) is 3.66. The van der Waals surface area contributed by atoms with E-state index in [1.807, 2.05) is 0 Å². The summed E-state index contributed by atoms with van der Waals surface area (Å²) < 4.78 is 12.1. The number of aromatic nitrogens is 2. The van der Waals surface area contributed by atoms with Gasteiger partial charge in [-0.3, -0.25) is 10.3 Å². The number of amides is 1. The van der Waals surface area contributed by atoms with Crippen LogP contribution in [0.2, 0.25) is 0 Å². The van der Waals surface area contributed by atoms with Gasteiger partial charge in [0, 0.05) is 12.4 Å². The third kappa shape index (κ3) is 3.84. The molecule has 0 aliphatic carbocycles. The monoisotopic (exact) mass is 196 g/mol. The van der Waals surface area contributed by atoms with E-state index in [-0.39, 0.29) is 12.0 Å². The molecular formula is C9H13N3O2. The standard InChI is InChI=1S/C9H13N3O2/c1-9(2,3)14-8(13)12-7-6-10-4-5-11-7/h4-6H,1-3H3,(H,11,12,13)/i4D. The topological polar surface area (TPSA) is 64.1 Å². The number of carbonyl (C=O) groups excluding carboxylic acids is 1. The number of rotatable bonds is 1. The van der Waals surface area contributed by atoms with Crippen molar-refractivity contribution < 1.29 is 10.9 Å². The Balaban J connectivity index is 2.55. The lowest BCUT2D eigenvalue weighted by atomic mass is 10.2. The van der Waals surface area contributed by atoms with Gasteiger partial charge >= 0.3 is 6.09 Å². The number of carbonyl (C=O) groups is 1. The Kier molecular flexibility index (Phi) is 2.58. The molecule has 1 aromatic rings. The fourth-order valence-electron chi connectivity index (χ4n) is 0.736. The summed E-state index contributed by atoms with van der Waals surface area (Å²) in [5.41, 5.74) is -0.549. The van der Waals surface area contributed by atoms with Gasteiger partial charge in [0.2, 0.25) is 0 Å². The van der Waals surface area contributed by atoms with Gasteiger partial charge in [0.15, 0.2) is 5.82 Å². The molecule has 0 aromatic carbocycles. The van der Waals surface area contributed by atoms with E-state index in [4.69, 9.17) is 6.11 Å². The molecule has 14 heavy (non-hydrogen) atoms. The minimum atomic E-state index is -0.588. The van der Waals surface area contributed by atoms with Crippen molar-refractivity contribution in [3.05, 3.63) is 18.6 Å². The van der Waals surface area contributed by atoms with Crippen LogP contribution in [0.4, 0.5) is 10.6 Å². The zero-order chi connectivity index (χ0) is 11.5. The van der Waals surface area contributed by atoms with Gasteiger partial charge in [0.25, 0.3) is 0 Å². The molecule has 0 aliphatic rings. The van der Waals surface area contributed by atoms with Gasteiger partial charge in [-0.1, -0.05) is 0 Å². The number of anilines is 1. The Morgan fingerprint density at radius 2 is 2.36 bits per heavy atom. The summed E-state index contributed by atoms with van der Waals surface area (Å²) in [6.07, 6.45) is 2.00. The lowest BCUT2D eigenvalue weighted by molar-refractivity contribution is 0.0635. The molecule has 0 bridgehead atoms. The minimum absolute atomic E-state index is 0.0461. The summed E-state index contributed by atoms with van der Waals surface area (Å²) in [5.74, 6) is 0.264.